The van der Waals surface area contributed by atoms with Crippen molar-refractivity contribution in [2.24, 2.45) is 0 Å². The zero-order valence-corrected chi connectivity index (χ0v) is 8.97. The van der Waals surface area contributed by atoms with E-state index in [1.54, 1.807) is 0 Å². The Morgan fingerprint density at radius 1 is 1.64 bits per heavy atom. The van der Waals surface area contributed by atoms with Crippen LogP contribution in [0.25, 0.3) is 0 Å². The molecular weight excluding hydrogens is 168 g/mol. The third-order valence-electron chi connectivity index (χ3n) is 2.51. The average Bonchev–Trinajstić information content (AvgIpc) is 2.21. The van der Waals surface area contributed by atoms with Crippen LogP contribution in [-0.4, -0.2) is 0 Å². The number of terminal acetylenes is 1. The van der Waals surface area contributed by atoms with Crippen LogP contribution in [0, 0.1) is 12.3 Å². The van der Waals surface area contributed by atoms with Crippen LogP contribution in [0.3, 0.4) is 0 Å². The molecule has 0 nitrogen and oxygen atoms in total. The van der Waals surface area contributed by atoms with Gasteiger partial charge in [0, 0.05) is 5.57 Å². The van der Waals surface area contributed by atoms with Crippen molar-refractivity contribution in [2.45, 2.75) is 39.0 Å². The lowest BCUT2D eigenvalue weighted by atomic mass is 9.92. The van der Waals surface area contributed by atoms with Gasteiger partial charge in [0.1, 0.15) is 0 Å². The van der Waals surface area contributed by atoms with Crippen LogP contribution in [0.1, 0.15) is 39.0 Å². The van der Waals surface area contributed by atoms with Crippen LogP contribution < -0.4 is 0 Å². The summed E-state index contributed by atoms with van der Waals surface area (Å²) >= 11 is 0. The third-order valence-corrected chi connectivity index (χ3v) is 2.51. The lowest BCUT2D eigenvalue weighted by Gasteiger charge is -2.12. The van der Waals surface area contributed by atoms with E-state index in [2.05, 4.69) is 31.6 Å². The number of allylic oxidation sites excluding steroid dienone is 5. The fourth-order valence-electron chi connectivity index (χ4n) is 1.78. The first kappa shape index (κ1) is 10.9. The van der Waals surface area contributed by atoms with Crippen LogP contribution >= 0.6 is 0 Å². The van der Waals surface area contributed by atoms with Crippen molar-refractivity contribution >= 4 is 0 Å². The van der Waals surface area contributed by atoms with E-state index in [1.165, 1.54) is 18.4 Å². The van der Waals surface area contributed by atoms with Gasteiger partial charge < -0.3 is 0 Å². The summed E-state index contributed by atoms with van der Waals surface area (Å²) in [6.07, 6.45) is 15.5. The Labute approximate surface area is 87.4 Å². The SMILES string of the molecule is C#C/C(C(=C)CCC)=C1/C=CCCC1. The highest BCUT2D eigenvalue weighted by atomic mass is 14.1. The molecule has 1 rings (SSSR count). The van der Waals surface area contributed by atoms with E-state index >= 15 is 0 Å². The molecule has 0 heteroatoms. The minimum atomic E-state index is 1.01. The predicted octanol–water partition coefficient (Wildman–Crippen LogP) is 4.01. The maximum atomic E-state index is 5.53. The quantitative estimate of drug-likeness (QED) is 0.584. The molecule has 1 aliphatic carbocycles. The van der Waals surface area contributed by atoms with E-state index in [0.717, 1.165) is 30.4 Å². The van der Waals surface area contributed by atoms with Crippen LogP contribution in [-0.2, 0) is 0 Å². The standard InChI is InChI=1S/C14H18/c1-4-9-12(3)14(5-2)13-10-7-6-8-11-13/h2,7,10H,3-4,6,8-9,11H2,1H3/b14-13+. The Morgan fingerprint density at radius 3 is 2.93 bits per heavy atom. The molecule has 0 spiro atoms. The lowest BCUT2D eigenvalue weighted by molar-refractivity contribution is 0.813. The molecule has 0 amide bonds. The molecule has 0 heterocycles. The summed E-state index contributed by atoms with van der Waals surface area (Å²) in [4.78, 5) is 0. The third kappa shape index (κ3) is 2.64. The van der Waals surface area contributed by atoms with Gasteiger partial charge in [0.25, 0.3) is 0 Å². The van der Waals surface area contributed by atoms with Gasteiger partial charge in [0.2, 0.25) is 0 Å². The van der Waals surface area contributed by atoms with Gasteiger partial charge in [0.15, 0.2) is 0 Å². The van der Waals surface area contributed by atoms with Gasteiger partial charge in [-0.2, -0.15) is 0 Å². The van der Waals surface area contributed by atoms with Gasteiger partial charge in [-0.1, -0.05) is 38.0 Å². The molecule has 0 aromatic heterocycles. The molecule has 1 aliphatic rings. The molecule has 0 radical (unpaired) electrons. The van der Waals surface area contributed by atoms with E-state index in [4.69, 9.17) is 6.42 Å². The second kappa shape index (κ2) is 5.50. The smallest absolute Gasteiger partial charge is 0.0300 e. The van der Waals surface area contributed by atoms with E-state index in [0.29, 0.717) is 0 Å². The number of hydrogen-bond donors (Lipinski definition) is 0. The summed E-state index contributed by atoms with van der Waals surface area (Å²) in [5, 5.41) is 0. The van der Waals surface area contributed by atoms with Gasteiger partial charge in [-0.3, -0.25) is 0 Å². The number of hydrogen-bond acceptors (Lipinski definition) is 0. The Kier molecular flexibility index (Phi) is 4.26. The second-order valence-corrected chi connectivity index (χ2v) is 3.69. The van der Waals surface area contributed by atoms with Crippen molar-refractivity contribution in [1.82, 2.24) is 0 Å². The molecule has 14 heavy (non-hydrogen) atoms. The Morgan fingerprint density at radius 2 is 2.43 bits per heavy atom. The summed E-state index contributed by atoms with van der Waals surface area (Å²) in [6.45, 7) is 6.21. The van der Waals surface area contributed by atoms with Gasteiger partial charge >= 0.3 is 0 Å². The molecule has 0 saturated heterocycles. The van der Waals surface area contributed by atoms with Crippen molar-refractivity contribution < 1.29 is 0 Å². The topological polar surface area (TPSA) is 0 Å². The maximum absolute atomic E-state index is 5.53. The predicted molar refractivity (Wildman–Crippen MR) is 62.9 cm³/mol. The molecule has 0 atom stereocenters. The molecule has 0 aliphatic heterocycles. The van der Waals surface area contributed by atoms with Crippen molar-refractivity contribution in [1.29, 1.82) is 0 Å². The normalized spacial score (nSPS) is 18.9. The molecule has 0 unspecified atom stereocenters. The Balaban J connectivity index is 2.89. The summed E-state index contributed by atoms with van der Waals surface area (Å²) < 4.78 is 0. The Hall–Kier alpha value is -1.22. The Bertz CT molecular complexity index is 307. The lowest BCUT2D eigenvalue weighted by Crippen LogP contribution is -1.95. The van der Waals surface area contributed by atoms with E-state index < -0.39 is 0 Å². The first-order valence-electron chi connectivity index (χ1n) is 5.34. The van der Waals surface area contributed by atoms with Gasteiger partial charge in [-0.25, -0.2) is 0 Å². The average molecular weight is 186 g/mol. The summed E-state index contributed by atoms with van der Waals surface area (Å²) in [7, 11) is 0. The highest BCUT2D eigenvalue weighted by molar-refractivity contribution is 5.50. The van der Waals surface area contributed by atoms with Crippen LogP contribution in [0.15, 0.2) is 35.5 Å². The van der Waals surface area contributed by atoms with Crippen molar-refractivity contribution in [3.63, 3.8) is 0 Å². The first-order valence-corrected chi connectivity index (χ1v) is 5.34. The molecule has 0 bridgehead atoms. The van der Waals surface area contributed by atoms with Crippen molar-refractivity contribution in [2.75, 3.05) is 0 Å². The highest BCUT2D eigenvalue weighted by Crippen LogP contribution is 2.25. The molecule has 0 saturated carbocycles. The van der Waals surface area contributed by atoms with E-state index in [9.17, 15) is 0 Å². The van der Waals surface area contributed by atoms with Crippen LogP contribution in [0.2, 0.25) is 0 Å². The highest BCUT2D eigenvalue weighted by Gasteiger charge is 2.07. The van der Waals surface area contributed by atoms with Crippen LogP contribution in [0.5, 0.6) is 0 Å². The van der Waals surface area contributed by atoms with E-state index in [1.807, 2.05) is 0 Å². The zero-order chi connectivity index (χ0) is 10.4. The molecule has 74 valence electrons. The first-order chi connectivity index (χ1) is 6.79. The number of rotatable bonds is 3. The molecule has 0 aromatic rings. The summed E-state index contributed by atoms with van der Waals surface area (Å²) in [5.74, 6) is 2.79. The van der Waals surface area contributed by atoms with Crippen molar-refractivity contribution in [3.05, 3.63) is 35.5 Å². The summed E-state index contributed by atoms with van der Waals surface area (Å²) in [5.41, 5.74) is 3.47. The minimum Gasteiger partial charge on any atom is -0.115 e. The second-order valence-electron chi connectivity index (χ2n) is 3.69. The largest absolute Gasteiger partial charge is 0.115 e. The van der Waals surface area contributed by atoms with Gasteiger partial charge in [0.05, 0.1) is 0 Å². The van der Waals surface area contributed by atoms with E-state index in [-0.39, 0.29) is 0 Å². The fraction of sp³-hybridized carbons (Fsp3) is 0.429. The fourth-order valence-corrected chi connectivity index (χ4v) is 1.78. The summed E-state index contributed by atoms with van der Waals surface area (Å²) in [6, 6.07) is 0. The minimum absolute atomic E-state index is 1.01. The monoisotopic (exact) mass is 186 g/mol. The van der Waals surface area contributed by atoms with Gasteiger partial charge in [-0.15, -0.1) is 6.42 Å². The van der Waals surface area contributed by atoms with Gasteiger partial charge in [-0.05, 0) is 36.8 Å². The zero-order valence-electron chi connectivity index (χ0n) is 8.97. The molecule has 0 N–H and O–H groups in total. The molecule has 0 fully saturated rings. The molecule has 0 aromatic carbocycles. The maximum Gasteiger partial charge on any atom is 0.0300 e. The van der Waals surface area contributed by atoms with Crippen molar-refractivity contribution in [3.8, 4) is 12.3 Å². The molecular formula is C14H18. The van der Waals surface area contributed by atoms with Crippen LogP contribution in [0.4, 0.5) is 0 Å².